The molecule has 0 saturated carbocycles. The van der Waals surface area contributed by atoms with Gasteiger partial charge in [0.2, 0.25) is 11.4 Å². The predicted octanol–water partition coefficient (Wildman–Crippen LogP) is 2.67. The van der Waals surface area contributed by atoms with E-state index in [9.17, 15) is 14.7 Å². The Labute approximate surface area is 139 Å². The Kier molecular flexibility index (Phi) is 4.08. The molecular weight excluding hydrogens is 308 g/mol. The third-order valence-electron chi connectivity index (χ3n) is 3.97. The molecule has 5 nitrogen and oxygen atoms in total. The first-order chi connectivity index (χ1) is 11.6. The number of hydrogen-bond acceptors (Lipinski definition) is 5. The van der Waals surface area contributed by atoms with Crippen molar-refractivity contribution >= 4 is 17.5 Å². The maximum Gasteiger partial charge on any atom is 0.375 e. The Bertz CT molecular complexity index is 795. The molecule has 24 heavy (non-hydrogen) atoms. The lowest BCUT2D eigenvalue weighted by molar-refractivity contribution is -0.169. The molecule has 0 aromatic heterocycles. The SMILES string of the molecule is COC(=O)C1(Cc2ccccc2)OC(=O)C(O)=C1c1ccccc1. The first kappa shape index (κ1) is 15.8. The van der Waals surface area contributed by atoms with Gasteiger partial charge in [0.1, 0.15) is 0 Å². The number of hydrogen-bond donors (Lipinski definition) is 1. The van der Waals surface area contributed by atoms with Crippen LogP contribution in [-0.4, -0.2) is 29.8 Å². The van der Waals surface area contributed by atoms with Crippen molar-refractivity contribution in [2.24, 2.45) is 0 Å². The van der Waals surface area contributed by atoms with E-state index in [1.165, 1.54) is 7.11 Å². The summed E-state index contributed by atoms with van der Waals surface area (Å²) < 4.78 is 10.2. The van der Waals surface area contributed by atoms with Gasteiger partial charge < -0.3 is 14.6 Å². The summed E-state index contributed by atoms with van der Waals surface area (Å²) in [7, 11) is 1.22. The van der Waals surface area contributed by atoms with E-state index in [4.69, 9.17) is 9.47 Å². The van der Waals surface area contributed by atoms with E-state index in [2.05, 4.69) is 0 Å². The first-order valence-corrected chi connectivity index (χ1v) is 7.43. The summed E-state index contributed by atoms with van der Waals surface area (Å²) in [5.41, 5.74) is -0.275. The van der Waals surface area contributed by atoms with E-state index in [-0.39, 0.29) is 12.0 Å². The summed E-state index contributed by atoms with van der Waals surface area (Å²) >= 11 is 0. The van der Waals surface area contributed by atoms with Crippen molar-refractivity contribution in [1.82, 2.24) is 0 Å². The highest BCUT2D eigenvalue weighted by Crippen LogP contribution is 2.42. The molecule has 0 spiro atoms. The van der Waals surface area contributed by atoms with Crippen LogP contribution in [0.3, 0.4) is 0 Å². The van der Waals surface area contributed by atoms with E-state index in [1.54, 1.807) is 30.3 Å². The highest BCUT2D eigenvalue weighted by molar-refractivity contribution is 6.11. The summed E-state index contributed by atoms with van der Waals surface area (Å²) in [6, 6.07) is 17.8. The summed E-state index contributed by atoms with van der Waals surface area (Å²) in [5.74, 6) is -2.24. The summed E-state index contributed by atoms with van der Waals surface area (Å²) in [6.07, 6.45) is 0.0700. The van der Waals surface area contributed by atoms with Gasteiger partial charge in [0.15, 0.2) is 0 Å². The maximum atomic E-state index is 12.6. The van der Waals surface area contributed by atoms with Crippen LogP contribution in [0.25, 0.3) is 5.57 Å². The van der Waals surface area contributed by atoms with Gasteiger partial charge in [0.25, 0.3) is 0 Å². The second-order valence-corrected chi connectivity index (χ2v) is 5.46. The maximum absolute atomic E-state index is 12.6. The van der Waals surface area contributed by atoms with Gasteiger partial charge in [-0.25, -0.2) is 9.59 Å². The monoisotopic (exact) mass is 324 g/mol. The zero-order chi connectivity index (χ0) is 17.2. The number of rotatable bonds is 4. The fourth-order valence-corrected chi connectivity index (χ4v) is 2.91. The molecule has 122 valence electrons. The number of cyclic esters (lactones) is 1. The number of methoxy groups -OCH3 is 1. The van der Waals surface area contributed by atoms with Crippen LogP contribution in [0, 0.1) is 0 Å². The summed E-state index contributed by atoms with van der Waals surface area (Å²) in [6.45, 7) is 0. The molecule has 5 heteroatoms. The van der Waals surface area contributed by atoms with Crippen molar-refractivity contribution in [2.45, 2.75) is 12.0 Å². The zero-order valence-electron chi connectivity index (χ0n) is 13.1. The van der Waals surface area contributed by atoms with Gasteiger partial charge in [-0.1, -0.05) is 60.7 Å². The number of aliphatic hydroxyl groups excluding tert-OH is 1. The zero-order valence-corrected chi connectivity index (χ0v) is 13.1. The van der Waals surface area contributed by atoms with Gasteiger partial charge in [0.05, 0.1) is 12.7 Å². The van der Waals surface area contributed by atoms with Crippen LogP contribution in [0.4, 0.5) is 0 Å². The molecule has 1 N–H and O–H groups in total. The number of carbonyl (C=O) groups excluding carboxylic acids is 2. The standard InChI is InChI=1S/C19H16O5/c1-23-18(22)19(12-13-8-4-2-5-9-13)15(16(20)17(21)24-19)14-10-6-3-7-11-14/h2-11,20H,12H2,1H3. The fourth-order valence-electron chi connectivity index (χ4n) is 2.91. The van der Waals surface area contributed by atoms with Crippen molar-refractivity contribution in [3.63, 3.8) is 0 Å². The Morgan fingerprint density at radius 2 is 1.67 bits per heavy atom. The fraction of sp³-hybridized carbons (Fsp3) is 0.158. The minimum absolute atomic E-state index is 0.0700. The van der Waals surface area contributed by atoms with Crippen LogP contribution in [0.2, 0.25) is 0 Å². The highest BCUT2D eigenvalue weighted by Gasteiger charge is 2.55. The van der Waals surface area contributed by atoms with Crippen molar-refractivity contribution in [3.05, 3.63) is 77.5 Å². The van der Waals surface area contributed by atoms with Gasteiger partial charge in [-0.2, -0.15) is 0 Å². The second-order valence-electron chi connectivity index (χ2n) is 5.46. The van der Waals surface area contributed by atoms with E-state index in [0.29, 0.717) is 5.56 Å². The smallest absolute Gasteiger partial charge is 0.375 e. The Balaban J connectivity index is 2.17. The highest BCUT2D eigenvalue weighted by atomic mass is 16.6. The largest absolute Gasteiger partial charge is 0.502 e. The number of aliphatic hydroxyl groups is 1. The molecule has 1 atom stereocenters. The number of carbonyl (C=O) groups is 2. The van der Waals surface area contributed by atoms with E-state index in [1.807, 2.05) is 30.3 Å². The molecule has 3 rings (SSSR count). The van der Waals surface area contributed by atoms with Crippen LogP contribution in [-0.2, 0) is 25.5 Å². The summed E-state index contributed by atoms with van der Waals surface area (Å²) in [4.78, 5) is 24.6. The topological polar surface area (TPSA) is 72.8 Å². The van der Waals surface area contributed by atoms with E-state index < -0.39 is 23.3 Å². The van der Waals surface area contributed by atoms with Crippen LogP contribution >= 0.6 is 0 Å². The molecule has 0 radical (unpaired) electrons. The van der Waals surface area contributed by atoms with Gasteiger partial charge in [-0.15, -0.1) is 0 Å². The lowest BCUT2D eigenvalue weighted by atomic mass is 9.83. The number of ether oxygens (including phenoxy) is 2. The molecule has 0 amide bonds. The molecule has 0 bridgehead atoms. The van der Waals surface area contributed by atoms with Gasteiger partial charge in [-0.3, -0.25) is 0 Å². The molecule has 1 heterocycles. The van der Waals surface area contributed by atoms with Crippen LogP contribution in [0.1, 0.15) is 11.1 Å². The molecule has 2 aromatic carbocycles. The van der Waals surface area contributed by atoms with Gasteiger partial charge in [-0.05, 0) is 11.1 Å². The van der Waals surface area contributed by atoms with Crippen LogP contribution < -0.4 is 0 Å². The van der Waals surface area contributed by atoms with Gasteiger partial charge in [0, 0.05) is 6.42 Å². The molecular formula is C19H16O5. The lowest BCUT2D eigenvalue weighted by Crippen LogP contribution is -2.44. The van der Waals surface area contributed by atoms with Gasteiger partial charge >= 0.3 is 11.9 Å². The molecule has 0 saturated heterocycles. The third-order valence-corrected chi connectivity index (χ3v) is 3.97. The molecule has 1 unspecified atom stereocenters. The lowest BCUT2D eigenvalue weighted by Gasteiger charge is -2.28. The van der Waals surface area contributed by atoms with Crippen LogP contribution in [0.15, 0.2) is 66.4 Å². The molecule has 2 aromatic rings. The number of esters is 2. The second kappa shape index (κ2) is 6.20. The normalized spacial score (nSPS) is 20.0. The molecule has 1 aliphatic rings. The third kappa shape index (κ3) is 2.54. The average molecular weight is 324 g/mol. The van der Waals surface area contributed by atoms with Crippen molar-refractivity contribution in [2.75, 3.05) is 7.11 Å². The molecule has 0 fully saturated rings. The van der Waals surface area contributed by atoms with Crippen molar-refractivity contribution < 1.29 is 24.2 Å². The number of benzene rings is 2. The first-order valence-electron chi connectivity index (χ1n) is 7.43. The van der Waals surface area contributed by atoms with E-state index >= 15 is 0 Å². The van der Waals surface area contributed by atoms with Crippen molar-refractivity contribution in [3.8, 4) is 0 Å². The van der Waals surface area contributed by atoms with Crippen molar-refractivity contribution in [1.29, 1.82) is 0 Å². The Morgan fingerprint density at radius 1 is 1.08 bits per heavy atom. The Hall–Kier alpha value is -3.08. The average Bonchev–Trinajstić information content (AvgIpc) is 2.87. The molecule has 0 aliphatic carbocycles. The summed E-state index contributed by atoms with van der Waals surface area (Å²) in [5, 5.41) is 10.3. The minimum Gasteiger partial charge on any atom is -0.502 e. The van der Waals surface area contributed by atoms with E-state index in [0.717, 1.165) is 5.56 Å². The molecule has 1 aliphatic heterocycles. The predicted molar refractivity (Wildman–Crippen MR) is 87.0 cm³/mol. The quantitative estimate of drug-likeness (QED) is 0.875. The minimum atomic E-state index is -1.71. The van der Waals surface area contributed by atoms with Crippen LogP contribution in [0.5, 0.6) is 0 Å². The Morgan fingerprint density at radius 3 is 2.25 bits per heavy atom.